The first-order chi connectivity index (χ1) is 10.2. The van der Waals surface area contributed by atoms with Gasteiger partial charge < -0.3 is 10.3 Å². The van der Waals surface area contributed by atoms with Gasteiger partial charge in [0.25, 0.3) is 0 Å². The number of aromatic nitrogens is 1. The molecule has 0 amide bonds. The Balaban J connectivity index is 1.94. The van der Waals surface area contributed by atoms with Crippen LogP contribution in [0.5, 0.6) is 0 Å². The molecule has 3 rings (SSSR count). The van der Waals surface area contributed by atoms with Crippen LogP contribution < -0.4 is 5.32 Å². The second-order valence-corrected chi connectivity index (χ2v) is 5.36. The molecule has 0 radical (unpaired) electrons. The van der Waals surface area contributed by atoms with Crippen LogP contribution in [0, 0.1) is 5.82 Å². The topological polar surface area (TPSA) is 27.8 Å². The van der Waals surface area contributed by atoms with Crippen molar-refractivity contribution >= 4 is 33.8 Å². The number of H-pyrrole nitrogens is 1. The third kappa shape index (κ3) is 2.81. The summed E-state index contributed by atoms with van der Waals surface area (Å²) in [6.07, 6.45) is 2.73. The van der Waals surface area contributed by atoms with Crippen molar-refractivity contribution in [2.24, 2.45) is 0 Å². The smallest absolute Gasteiger partial charge is 0.125 e. The van der Waals surface area contributed by atoms with Crippen molar-refractivity contribution in [2.45, 2.75) is 13.3 Å². The SMILES string of the molecule is CCC(=S)Nc1ccc(-c2c[nH]c3cc(F)ccc23)cc1. The molecule has 0 bridgehead atoms. The molecule has 21 heavy (non-hydrogen) atoms. The summed E-state index contributed by atoms with van der Waals surface area (Å²) in [5, 5.41) is 4.20. The van der Waals surface area contributed by atoms with Gasteiger partial charge in [-0.3, -0.25) is 0 Å². The van der Waals surface area contributed by atoms with E-state index in [1.807, 2.05) is 37.4 Å². The lowest BCUT2D eigenvalue weighted by Crippen LogP contribution is -2.06. The van der Waals surface area contributed by atoms with Gasteiger partial charge in [0.05, 0.1) is 4.99 Å². The highest BCUT2D eigenvalue weighted by atomic mass is 32.1. The molecular weight excluding hydrogens is 283 g/mol. The molecule has 0 saturated heterocycles. The number of aromatic amines is 1. The Bertz CT molecular complexity index is 790. The summed E-state index contributed by atoms with van der Waals surface area (Å²) >= 11 is 5.17. The van der Waals surface area contributed by atoms with Crippen molar-refractivity contribution in [2.75, 3.05) is 5.32 Å². The van der Waals surface area contributed by atoms with Crippen LogP contribution in [-0.4, -0.2) is 9.97 Å². The van der Waals surface area contributed by atoms with Crippen LogP contribution in [0.4, 0.5) is 10.1 Å². The predicted molar refractivity (Wildman–Crippen MR) is 90.2 cm³/mol. The van der Waals surface area contributed by atoms with Crippen LogP contribution in [0.15, 0.2) is 48.7 Å². The molecule has 106 valence electrons. The van der Waals surface area contributed by atoms with Crippen LogP contribution >= 0.6 is 12.2 Å². The zero-order chi connectivity index (χ0) is 14.8. The van der Waals surface area contributed by atoms with Crippen LogP contribution in [0.3, 0.4) is 0 Å². The van der Waals surface area contributed by atoms with Gasteiger partial charge in [-0.1, -0.05) is 31.3 Å². The van der Waals surface area contributed by atoms with Crippen molar-refractivity contribution < 1.29 is 4.39 Å². The summed E-state index contributed by atoms with van der Waals surface area (Å²) in [6.45, 7) is 2.02. The molecule has 0 aliphatic carbocycles. The lowest BCUT2D eigenvalue weighted by Gasteiger charge is -2.07. The average Bonchev–Trinajstić information content (AvgIpc) is 2.90. The number of benzene rings is 2. The number of rotatable bonds is 3. The number of halogens is 1. The molecule has 1 aromatic heterocycles. The molecule has 0 unspecified atom stereocenters. The Morgan fingerprint density at radius 3 is 2.67 bits per heavy atom. The van der Waals surface area contributed by atoms with E-state index in [0.29, 0.717) is 0 Å². The number of hydrogen-bond acceptors (Lipinski definition) is 1. The molecule has 0 aliphatic heterocycles. The minimum absolute atomic E-state index is 0.233. The van der Waals surface area contributed by atoms with Crippen LogP contribution in [0.2, 0.25) is 0 Å². The Morgan fingerprint density at radius 1 is 1.19 bits per heavy atom. The molecule has 0 atom stereocenters. The minimum atomic E-state index is -0.233. The third-order valence-corrected chi connectivity index (χ3v) is 3.84. The van der Waals surface area contributed by atoms with Gasteiger partial charge in [-0.2, -0.15) is 0 Å². The van der Waals surface area contributed by atoms with Gasteiger partial charge >= 0.3 is 0 Å². The first kappa shape index (κ1) is 13.8. The monoisotopic (exact) mass is 298 g/mol. The number of hydrogen-bond donors (Lipinski definition) is 2. The van der Waals surface area contributed by atoms with E-state index in [1.165, 1.54) is 12.1 Å². The second kappa shape index (κ2) is 5.66. The summed E-state index contributed by atoms with van der Waals surface area (Å²) in [5.41, 5.74) is 3.94. The molecule has 3 aromatic rings. The molecule has 2 nitrogen and oxygen atoms in total. The second-order valence-electron chi connectivity index (χ2n) is 4.87. The zero-order valence-electron chi connectivity index (χ0n) is 11.6. The highest BCUT2D eigenvalue weighted by Gasteiger charge is 2.07. The van der Waals surface area contributed by atoms with Crippen LogP contribution in [0.25, 0.3) is 22.0 Å². The molecule has 0 aliphatic rings. The fourth-order valence-electron chi connectivity index (χ4n) is 2.32. The highest BCUT2D eigenvalue weighted by molar-refractivity contribution is 7.80. The van der Waals surface area contributed by atoms with Gasteiger partial charge in [-0.25, -0.2) is 4.39 Å². The van der Waals surface area contributed by atoms with Gasteiger partial charge in [-0.05, 0) is 42.3 Å². The highest BCUT2D eigenvalue weighted by Crippen LogP contribution is 2.29. The maximum atomic E-state index is 13.2. The summed E-state index contributed by atoms with van der Waals surface area (Å²) in [6, 6.07) is 12.9. The Morgan fingerprint density at radius 2 is 1.95 bits per heavy atom. The van der Waals surface area contributed by atoms with Crippen molar-refractivity contribution in [1.82, 2.24) is 4.98 Å². The van der Waals surface area contributed by atoms with E-state index in [9.17, 15) is 4.39 Å². The summed E-state index contributed by atoms with van der Waals surface area (Å²) < 4.78 is 13.2. The molecule has 0 fully saturated rings. The minimum Gasteiger partial charge on any atom is -0.360 e. The summed E-state index contributed by atoms with van der Waals surface area (Å²) in [4.78, 5) is 3.93. The lowest BCUT2D eigenvalue weighted by atomic mass is 10.0. The Kier molecular flexibility index (Phi) is 3.71. The number of nitrogens with one attached hydrogen (secondary N) is 2. The zero-order valence-corrected chi connectivity index (χ0v) is 12.4. The van der Waals surface area contributed by atoms with Gasteiger partial charge in [0.2, 0.25) is 0 Å². The van der Waals surface area contributed by atoms with E-state index in [1.54, 1.807) is 6.07 Å². The Labute approximate surface area is 128 Å². The van der Waals surface area contributed by atoms with E-state index in [0.717, 1.165) is 39.1 Å². The lowest BCUT2D eigenvalue weighted by molar-refractivity contribution is 0.629. The van der Waals surface area contributed by atoms with E-state index in [-0.39, 0.29) is 5.82 Å². The fourth-order valence-corrected chi connectivity index (χ4v) is 2.44. The molecule has 1 heterocycles. The Hall–Kier alpha value is -2.20. The van der Waals surface area contributed by atoms with E-state index in [2.05, 4.69) is 10.3 Å². The number of thiocarbonyl (C=S) groups is 1. The van der Waals surface area contributed by atoms with Crippen LogP contribution in [-0.2, 0) is 0 Å². The number of anilines is 1. The predicted octanol–water partition coefficient (Wildman–Crippen LogP) is 5.12. The van der Waals surface area contributed by atoms with Crippen molar-refractivity contribution in [3.8, 4) is 11.1 Å². The van der Waals surface area contributed by atoms with Gasteiger partial charge in [0.15, 0.2) is 0 Å². The first-order valence-corrected chi connectivity index (χ1v) is 7.25. The van der Waals surface area contributed by atoms with Crippen molar-refractivity contribution in [1.29, 1.82) is 0 Å². The van der Waals surface area contributed by atoms with Gasteiger partial charge in [-0.15, -0.1) is 0 Å². The maximum absolute atomic E-state index is 13.2. The first-order valence-electron chi connectivity index (χ1n) is 6.84. The summed E-state index contributed by atoms with van der Waals surface area (Å²) in [5.74, 6) is -0.233. The molecule has 0 spiro atoms. The molecule has 2 aromatic carbocycles. The van der Waals surface area contributed by atoms with Crippen molar-refractivity contribution in [3.05, 3.63) is 54.5 Å². The molecule has 4 heteroatoms. The maximum Gasteiger partial charge on any atom is 0.125 e. The normalized spacial score (nSPS) is 10.8. The summed E-state index contributed by atoms with van der Waals surface area (Å²) in [7, 11) is 0. The van der Waals surface area contributed by atoms with Crippen molar-refractivity contribution in [3.63, 3.8) is 0 Å². The number of fused-ring (bicyclic) bond motifs is 1. The average molecular weight is 298 g/mol. The van der Waals surface area contributed by atoms with E-state index in [4.69, 9.17) is 12.2 Å². The standard InChI is InChI=1S/C17H15FN2S/c1-2-17(21)20-13-6-3-11(4-7-13)15-10-19-16-9-12(18)5-8-14(15)16/h3-10,19H,2H2,1H3,(H,20,21). The third-order valence-electron chi connectivity index (χ3n) is 3.44. The largest absolute Gasteiger partial charge is 0.360 e. The fraction of sp³-hybridized carbons (Fsp3) is 0.118. The van der Waals surface area contributed by atoms with Gasteiger partial charge in [0, 0.05) is 28.4 Å². The quantitative estimate of drug-likeness (QED) is 0.657. The molecule has 2 N–H and O–H groups in total. The van der Waals surface area contributed by atoms with Crippen LogP contribution in [0.1, 0.15) is 13.3 Å². The van der Waals surface area contributed by atoms with E-state index < -0.39 is 0 Å². The van der Waals surface area contributed by atoms with E-state index >= 15 is 0 Å². The van der Waals surface area contributed by atoms with Gasteiger partial charge in [0.1, 0.15) is 5.82 Å². The molecule has 0 saturated carbocycles. The molecular formula is C17H15FN2S.